The molecular formula is C52H34N2O6S. The molecule has 0 fully saturated rings. The van der Waals surface area contributed by atoms with Gasteiger partial charge in [-0.1, -0.05) is 78.9 Å². The number of aromatic nitrogens is 1. The van der Waals surface area contributed by atoms with E-state index in [9.17, 15) is 25.5 Å². The second-order valence-corrected chi connectivity index (χ2v) is 16.7. The maximum absolute atomic E-state index is 11.2. The largest absolute Gasteiger partial charge is 0.503 e. The molecule has 5 N–H and O–H groups in total. The summed E-state index contributed by atoms with van der Waals surface area (Å²) in [6, 6.07) is 50.2. The number of aryl methyl sites for hydroxylation is 1. The van der Waals surface area contributed by atoms with E-state index in [2.05, 4.69) is 95.6 Å². The van der Waals surface area contributed by atoms with Crippen LogP contribution in [0.4, 0.5) is 11.4 Å². The summed E-state index contributed by atoms with van der Waals surface area (Å²) in [5.41, 5.74) is 7.97. The minimum Gasteiger partial charge on any atom is -0.503 e. The van der Waals surface area contributed by atoms with E-state index in [1.165, 1.54) is 41.8 Å². The quantitative estimate of drug-likeness (QED) is 0.0866. The van der Waals surface area contributed by atoms with E-state index >= 15 is 0 Å². The fourth-order valence-electron chi connectivity index (χ4n) is 9.34. The SMILES string of the molecule is Oc1c(O)c(O)c(N(C2=Cc3c(oc4ccccc34)CC2)c2ccc(-c3ccc4sc5ccc6cc7c8ccccc8n(-c8ccccc8)c7cc6c5c4c3)cc2)c(O)c1O. The van der Waals surface area contributed by atoms with Crippen LogP contribution in [0.25, 0.3) is 86.6 Å². The molecule has 0 atom stereocenters. The molecule has 0 bridgehead atoms. The Labute approximate surface area is 351 Å². The first-order valence-electron chi connectivity index (χ1n) is 20.0. The van der Waals surface area contributed by atoms with Crippen LogP contribution in [-0.2, 0) is 6.42 Å². The monoisotopic (exact) mass is 814 g/mol. The number of phenols is 5. The fraction of sp³-hybridized carbons (Fsp3) is 0.0385. The highest BCUT2D eigenvalue weighted by Crippen LogP contribution is 2.58. The number of hydrogen-bond acceptors (Lipinski definition) is 8. The van der Waals surface area contributed by atoms with Crippen LogP contribution in [-0.4, -0.2) is 30.1 Å². The highest BCUT2D eigenvalue weighted by atomic mass is 32.1. The Morgan fingerprint density at radius 1 is 0.525 bits per heavy atom. The molecule has 8 aromatic carbocycles. The number of para-hydroxylation sites is 3. The average molecular weight is 815 g/mol. The number of nitrogens with zero attached hydrogens (tertiary/aromatic N) is 2. The standard InChI is InChI=1S/C52H34N2O6S/c55-48-47(49(56)51(58)52(59)50(48)57)53(33-20-21-43-38(26-33)35-11-5-7-13-42(35)60-43)32-18-14-28(15-19-32)29-16-22-44-39(24-29)46-36-27-41-37(25-30(36)17-23-45(46)61-44)34-10-4-6-12-40(34)54(41)31-8-2-1-3-9-31/h1-19,22-27,55-59H,20-21H2. The number of allylic oxidation sites excluding steroid dienone is 1. The summed E-state index contributed by atoms with van der Waals surface area (Å²) in [6.45, 7) is 0. The van der Waals surface area contributed by atoms with Gasteiger partial charge in [0.25, 0.3) is 0 Å². The molecule has 11 aromatic rings. The van der Waals surface area contributed by atoms with Crippen LogP contribution in [0, 0.1) is 0 Å². The van der Waals surface area contributed by atoms with Crippen LogP contribution < -0.4 is 4.90 Å². The second kappa shape index (κ2) is 13.1. The molecule has 12 rings (SSSR count). The molecule has 0 unspecified atom stereocenters. The second-order valence-electron chi connectivity index (χ2n) is 15.6. The van der Waals surface area contributed by atoms with Crippen molar-refractivity contribution in [1.29, 1.82) is 0 Å². The van der Waals surface area contributed by atoms with E-state index in [0.717, 1.165) is 50.0 Å². The molecule has 3 heterocycles. The first kappa shape index (κ1) is 35.1. The van der Waals surface area contributed by atoms with E-state index in [1.807, 2.05) is 60.7 Å². The lowest BCUT2D eigenvalue weighted by Crippen LogP contribution is -2.19. The summed E-state index contributed by atoms with van der Waals surface area (Å²) in [4.78, 5) is 1.61. The molecule has 0 amide bonds. The number of furan rings is 1. The Morgan fingerprint density at radius 2 is 1.21 bits per heavy atom. The van der Waals surface area contributed by atoms with E-state index in [0.29, 0.717) is 24.2 Å². The number of phenolic OH excluding ortho intramolecular Hbond substituents is 5. The third-order valence-corrected chi connectivity index (χ3v) is 13.3. The third-order valence-electron chi connectivity index (χ3n) is 12.2. The normalized spacial score (nSPS) is 12.9. The van der Waals surface area contributed by atoms with Gasteiger partial charge in [-0.05, 0) is 101 Å². The van der Waals surface area contributed by atoms with Crippen molar-refractivity contribution in [2.75, 3.05) is 4.90 Å². The zero-order chi connectivity index (χ0) is 41.1. The van der Waals surface area contributed by atoms with E-state index in [4.69, 9.17) is 4.42 Å². The number of anilines is 2. The average Bonchev–Trinajstić information content (AvgIpc) is 3.97. The van der Waals surface area contributed by atoms with Gasteiger partial charge in [0.05, 0.1) is 11.0 Å². The molecule has 0 saturated heterocycles. The summed E-state index contributed by atoms with van der Waals surface area (Å²) < 4.78 is 10.9. The molecule has 3 aromatic heterocycles. The van der Waals surface area contributed by atoms with Crippen molar-refractivity contribution in [2.45, 2.75) is 12.8 Å². The zero-order valence-corrected chi connectivity index (χ0v) is 33.1. The lowest BCUT2D eigenvalue weighted by molar-refractivity contribution is 0.329. The maximum atomic E-state index is 11.2. The lowest BCUT2D eigenvalue weighted by Gasteiger charge is -2.31. The third kappa shape index (κ3) is 5.17. The molecule has 0 saturated carbocycles. The van der Waals surface area contributed by atoms with Gasteiger partial charge in [-0.25, -0.2) is 0 Å². The number of thiophene rings is 1. The first-order chi connectivity index (χ1) is 29.8. The van der Waals surface area contributed by atoms with Gasteiger partial charge in [-0.15, -0.1) is 11.3 Å². The smallest absolute Gasteiger partial charge is 0.208 e. The van der Waals surface area contributed by atoms with Crippen LogP contribution in [0.15, 0.2) is 156 Å². The van der Waals surface area contributed by atoms with Crippen LogP contribution in [0.3, 0.4) is 0 Å². The minimum atomic E-state index is -1.01. The van der Waals surface area contributed by atoms with Gasteiger partial charge in [0.1, 0.15) is 17.0 Å². The molecule has 1 aliphatic rings. The topological polar surface area (TPSA) is 122 Å². The summed E-state index contributed by atoms with van der Waals surface area (Å²) in [5, 5.41) is 62.2. The number of aromatic hydroxyl groups is 5. The van der Waals surface area contributed by atoms with Crippen molar-refractivity contribution >= 4 is 92.5 Å². The van der Waals surface area contributed by atoms with Crippen molar-refractivity contribution in [3.05, 3.63) is 163 Å². The van der Waals surface area contributed by atoms with Crippen molar-refractivity contribution in [1.82, 2.24) is 4.57 Å². The number of benzene rings is 8. The van der Waals surface area contributed by atoms with Gasteiger partial charge >= 0.3 is 0 Å². The fourth-order valence-corrected chi connectivity index (χ4v) is 10.4. The molecule has 9 heteroatoms. The predicted octanol–water partition coefficient (Wildman–Crippen LogP) is 13.4. The summed E-state index contributed by atoms with van der Waals surface area (Å²) in [7, 11) is 0. The molecular weight excluding hydrogens is 781 g/mol. The molecule has 0 spiro atoms. The molecule has 61 heavy (non-hydrogen) atoms. The van der Waals surface area contributed by atoms with Crippen molar-refractivity contribution in [2.24, 2.45) is 0 Å². The Hall–Kier alpha value is -7.88. The van der Waals surface area contributed by atoms with Crippen LogP contribution in [0.1, 0.15) is 17.7 Å². The van der Waals surface area contributed by atoms with Gasteiger partial charge in [0.2, 0.25) is 17.2 Å². The predicted molar refractivity (Wildman–Crippen MR) is 246 cm³/mol. The van der Waals surface area contributed by atoms with Gasteiger partial charge in [-0.3, -0.25) is 0 Å². The Balaban J connectivity index is 1.01. The minimum absolute atomic E-state index is 0.262. The van der Waals surface area contributed by atoms with Crippen molar-refractivity contribution in [3.8, 4) is 45.6 Å². The summed E-state index contributed by atoms with van der Waals surface area (Å²) in [5.74, 6) is -3.63. The maximum Gasteiger partial charge on any atom is 0.208 e. The van der Waals surface area contributed by atoms with E-state index in [1.54, 1.807) is 16.2 Å². The number of rotatable bonds is 5. The highest BCUT2D eigenvalue weighted by molar-refractivity contribution is 7.26. The highest BCUT2D eigenvalue weighted by Gasteiger charge is 2.32. The lowest BCUT2D eigenvalue weighted by atomic mass is 9.97. The van der Waals surface area contributed by atoms with Gasteiger partial charge < -0.3 is 39.4 Å². The molecule has 8 nitrogen and oxygen atoms in total. The Morgan fingerprint density at radius 3 is 2.02 bits per heavy atom. The van der Waals surface area contributed by atoms with Gasteiger partial charge in [0.15, 0.2) is 11.5 Å². The number of hydrogen-bond donors (Lipinski definition) is 5. The van der Waals surface area contributed by atoms with Crippen molar-refractivity contribution < 1.29 is 29.9 Å². The Bertz CT molecular complexity index is 3630. The molecule has 294 valence electrons. The molecule has 1 aliphatic carbocycles. The summed E-state index contributed by atoms with van der Waals surface area (Å²) in [6.07, 6.45) is 2.92. The van der Waals surface area contributed by atoms with E-state index in [-0.39, 0.29) is 5.69 Å². The van der Waals surface area contributed by atoms with E-state index < -0.39 is 28.7 Å². The molecule has 0 radical (unpaired) electrons. The summed E-state index contributed by atoms with van der Waals surface area (Å²) >= 11 is 1.78. The molecule has 0 aliphatic heterocycles. The van der Waals surface area contributed by atoms with Crippen LogP contribution in [0.2, 0.25) is 0 Å². The van der Waals surface area contributed by atoms with Crippen LogP contribution in [0.5, 0.6) is 28.7 Å². The van der Waals surface area contributed by atoms with Gasteiger partial charge in [-0.2, -0.15) is 0 Å². The first-order valence-corrected chi connectivity index (χ1v) is 20.8. The Kier molecular flexibility index (Phi) is 7.51. The number of fused-ring (bicyclic) bond motifs is 11. The van der Waals surface area contributed by atoms with Crippen LogP contribution >= 0.6 is 11.3 Å². The van der Waals surface area contributed by atoms with Crippen molar-refractivity contribution in [3.63, 3.8) is 0 Å². The van der Waals surface area contributed by atoms with Gasteiger partial charge in [0, 0.05) is 65.4 Å². The zero-order valence-electron chi connectivity index (χ0n) is 32.3.